The quantitative estimate of drug-likeness (QED) is 0.570. The van der Waals surface area contributed by atoms with Gasteiger partial charge in [-0.05, 0) is 23.8 Å². The first-order chi connectivity index (χ1) is 8.69. The Labute approximate surface area is 111 Å². The van der Waals surface area contributed by atoms with Crippen LogP contribution < -0.4 is 11.1 Å². The molecule has 1 aromatic heterocycles. The molecule has 0 aromatic carbocycles. The second kappa shape index (κ2) is 5.79. The Morgan fingerprint density at radius 1 is 1.63 bits per heavy atom. The highest BCUT2D eigenvalue weighted by atomic mass is 16.6. The van der Waals surface area contributed by atoms with Gasteiger partial charge in [0.25, 0.3) is 0 Å². The van der Waals surface area contributed by atoms with E-state index >= 15 is 0 Å². The number of amides is 1. The van der Waals surface area contributed by atoms with Gasteiger partial charge in [-0.15, -0.1) is 0 Å². The number of carbonyl (C=O) groups is 1. The van der Waals surface area contributed by atoms with E-state index in [0.29, 0.717) is 18.9 Å². The van der Waals surface area contributed by atoms with Gasteiger partial charge < -0.3 is 25.7 Å². The van der Waals surface area contributed by atoms with Crippen LogP contribution in [0.2, 0.25) is 0 Å². The van der Waals surface area contributed by atoms with Gasteiger partial charge in [0.1, 0.15) is 6.20 Å². The van der Waals surface area contributed by atoms with Crippen LogP contribution in [0.3, 0.4) is 0 Å². The molecular formula is C11H19N5O3. The lowest BCUT2D eigenvalue weighted by Crippen LogP contribution is -2.45. The van der Waals surface area contributed by atoms with Crippen molar-refractivity contribution in [2.24, 2.45) is 5.73 Å². The summed E-state index contributed by atoms with van der Waals surface area (Å²) in [7, 11) is 0. The zero-order chi connectivity index (χ0) is 14.6. The topological polar surface area (TPSA) is 116 Å². The van der Waals surface area contributed by atoms with Crippen molar-refractivity contribution in [3.8, 4) is 0 Å². The van der Waals surface area contributed by atoms with Gasteiger partial charge in [-0.2, -0.15) is 0 Å². The minimum atomic E-state index is -0.555. The number of rotatable bonds is 6. The lowest BCUT2D eigenvalue weighted by Gasteiger charge is -2.18. The molecule has 1 aromatic rings. The van der Waals surface area contributed by atoms with Crippen LogP contribution in [0, 0.1) is 17.0 Å². The van der Waals surface area contributed by atoms with Gasteiger partial charge in [0.15, 0.2) is 0 Å². The number of nitrogens with two attached hydrogens (primary N) is 1. The predicted molar refractivity (Wildman–Crippen MR) is 69.5 cm³/mol. The van der Waals surface area contributed by atoms with Crippen LogP contribution >= 0.6 is 0 Å². The average molecular weight is 269 g/mol. The first-order valence-corrected chi connectivity index (χ1v) is 5.93. The molecule has 0 spiro atoms. The lowest BCUT2D eigenvalue weighted by molar-refractivity contribution is -0.389. The Balaban J connectivity index is 2.48. The van der Waals surface area contributed by atoms with Crippen molar-refractivity contribution >= 4 is 11.7 Å². The molecule has 8 nitrogen and oxygen atoms in total. The fourth-order valence-electron chi connectivity index (χ4n) is 1.44. The van der Waals surface area contributed by atoms with Crippen LogP contribution in [0.1, 0.15) is 26.1 Å². The fourth-order valence-corrected chi connectivity index (χ4v) is 1.44. The fraction of sp³-hybridized carbons (Fsp3) is 0.636. The van der Waals surface area contributed by atoms with E-state index in [2.05, 4.69) is 10.3 Å². The summed E-state index contributed by atoms with van der Waals surface area (Å²) >= 11 is 0. The number of hydrogen-bond acceptors (Lipinski definition) is 5. The van der Waals surface area contributed by atoms with Crippen molar-refractivity contribution in [1.29, 1.82) is 0 Å². The van der Waals surface area contributed by atoms with Crippen LogP contribution in [0.4, 0.5) is 5.82 Å². The average Bonchev–Trinajstić information content (AvgIpc) is 2.64. The van der Waals surface area contributed by atoms with Gasteiger partial charge in [0.2, 0.25) is 11.7 Å². The molecule has 19 heavy (non-hydrogen) atoms. The minimum Gasteiger partial charge on any atom is -0.358 e. The van der Waals surface area contributed by atoms with Crippen LogP contribution in [-0.4, -0.2) is 32.5 Å². The molecule has 0 fully saturated rings. The highest BCUT2D eigenvalue weighted by Gasteiger charge is 2.16. The third-order valence-corrected chi connectivity index (χ3v) is 2.47. The maximum atomic E-state index is 11.6. The van der Waals surface area contributed by atoms with Crippen LogP contribution in [0.25, 0.3) is 0 Å². The van der Waals surface area contributed by atoms with Crippen LogP contribution in [0.15, 0.2) is 6.20 Å². The molecule has 0 unspecified atom stereocenters. The molecule has 106 valence electrons. The second-order valence-electron chi connectivity index (χ2n) is 5.11. The van der Waals surface area contributed by atoms with E-state index < -0.39 is 10.5 Å². The normalized spacial score (nSPS) is 11.4. The van der Waals surface area contributed by atoms with Crippen molar-refractivity contribution in [3.63, 3.8) is 0 Å². The predicted octanol–water partition coefficient (Wildman–Crippen LogP) is 0.343. The molecule has 0 atom stereocenters. The number of nitrogens with zero attached hydrogens (tertiary/aromatic N) is 3. The third kappa shape index (κ3) is 5.04. The number of nitrogens with one attached hydrogen (secondary N) is 1. The number of carbonyl (C=O) groups excluding carboxylic acids is 1. The SMILES string of the molecule is Cc1nc([N+](=O)[O-])cn1CCC(=O)NCC(C)(C)N. The standard InChI is InChI=1S/C11H19N5O3/c1-8-14-9(16(18)19)6-15(8)5-4-10(17)13-7-11(2,3)12/h6H,4-5,7,12H2,1-3H3,(H,13,17). The summed E-state index contributed by atoms with van der Waals surface area (Å²) in [5, 5.41) is 13.3. The molecule has 1 heterocycles. The number of aryl methyl sites for hydroxylation is 2. The van der Waals surface area contributed by atoms with Crippen molar-refractivity contribution in [3.05, 3.63) is 22.1 Å². The molecule has 0 saturated carbocycles. The maximum absolute atomic E-state index is 11.6. The zero-order valence-corrected chi connectivity index (χ0v) is 11.3. The van der Waals surface area contributed by atoms with Crippen LogP contribution in [-0.2, 0) is 11.3 Å². The van der Waals surface area contributed by atoms with E-state index in [-0.39, 0.29) is 18.1 Å². The highest BCUT2D eigenvalue weighted by molar-refractivity contribution is 5.75. The number of imidazole rings is 1. The van der Waals surface area contributed by atoms with Crippen LogP contribution in [0.5, 0.6) is 0 Å². The summed E-state index contributed by atoms with van der Waals surface area (Å²) in [5.74, 6) is 0.161. The molecule has 0 aliphatic heterocycles. The Morgan fingerprint density at radius 3 is 2.74 bits per heavy atom. The second-order valence-corrected chi connectivity index (χ2v) is 5.11. The van der Waals surface area contributed by atoms with E-state index in [0.717, 1.165) is 0 Å². The molecule has 3 N–H and O–H groups in total. The van der Waals surface area contributed by atoms with E-state index in [1.54, 1.807) is 11.5 Å². The highest BCUT2D eigenvalue weighted by Crippen LogP contribution is 2.10. The van der Waals surface area contributed by atoms with E-state index in [4.69, 9.17) is 5.73 Å². The molecule has 1 amide bonds. The Hall–Kier alpha value is -1.96. The smallest absolute Gasteiger partial charge is 0.358 e. The van der Waals surface area contributed by atoms with Gasteiger partial charge in [-0.1, -0.05) is 0 Å². The van der Waals surface area contributed by atoms with Gasteiger partial charge in [0.05, 0.1) is 0 Å². The Morgan fingerprint density at radius 2 is 2.26 bits per heavy atom. The van der Waals surface area contributed by atoms with E-state index in [1.807, 2.05) is 13.8 Å². The number of hydrogen-bond donors (Lipinski definition) is 2. The lowest BCUT2D eigenvalue weighted by atomic mass is 10.1. The molecule has 1 rings (SSSR count). The van der Waals surface area contributed by atoms with Crippen molar-refractivity contribution < 1.29 is 9.72 Å². The molecule has 0 aliphatic rings. The van der Waals surface area contributed by atoms with Crippen molar-refractivity contribution in [2.45, 2.75) is 39.3 Å². The van der Waals surface area contributed by atoms with Gasteiger partial charge in [-0.25, -0.2) is 0 Å². The van der Waals surface area contributed by atoms with E-state index in [9.17, 15) is 14.9 Å². The zero-order valence-electron chi connectivity index (χ0n) is 11.3. The molecular weight excluding hydrogens is 250 g/mol. The number of aromatic nitrogens is 2. The van der Waals surface area contributed by atoms with Crippen molar-refractivity contribution in [2.75, 3.05) is 6.54 Å². The summed E-state index contributed by atoms with van der Waals surface area (Å²) in [5.41, 5.74) is 5.29. The molecule has 0 radical (unpaired) electrons. The molecule has 0 bridgehead atoms. The third-order valence-electron chi connectivity index (χ3n) is 2.47. The maximum Gasteiger partial charge on any atom is 0.381 e. The largest absolute Gasteiger partial charge is 0.381 e. The van der Waals surface area contributed by atoms with Crippen molar-refractivity contribution in [1.82, 2.24) is 14.9 Å². The summed E-state index contributed by atoms with van der Waals surface area (Å²) < 4.78 is 1.59. The number of nitro groups is 1. The van der Waals surface area contributed by atoms with Gasteiger partial charge in [-0.3, -0.25) is 4.79 Å². The van der Waals surface area contributed by atoms with E-state index in [1.165, 1.54) is 6.20 Å². The monoisotopic (exact) mass is 269 g/mol. The summed E-state index contributed by atoms with van der Waals surface area (Å²) in [6.45, 7) is 6.03. The molecule has 0 saturated heterocycles. The first kappa shape index (κ1) is 15.1. The minimum absolute atomic E-state index is 0.144. The summed E-state index contributed by atoms with van der Waals surface area (Å²) in [4.78, 5) is 25.4. The Kier molecular flexibility index (Phi) is 4.60. The van der Waals surface area contributed by atoms with Gasteiger partial charge in [0, 0.05) is 32.0 Å². The summed E-state index contributed by atoms with van der Waals surface area (Å²) in [6.07, 6.45) is 1.56. The Bertz CT molecular complexity index is 475. The van der Waals surface area contributed by atoms with Gasteiger partial charge >= 0.3 is 5.82 Å². The molecule has 8 heteroatoms. The first-order valence-electron chi connectivity index (χ1n) is 5.93. The summed E-state index contributed by atoms with van der Waals surface area (Å²) in [6, 6.07) is 0. The molecule has 0 aliphatic carbocycles.